The molecule has 2 aliphatic rings. The molecule has 6 aromatic carbocycles. The van der Waals surface area contributed by atoms with E-state index >= 15 is 0 Å². The van der Waals surface area contributed by atoms with Gasteiger partial charge in [-0.25, -0.2) is 4.85 Å². The molecule has 206 valence electrons. The zero-order chi connectivity index (χ0) is 29.6. The smallest absolute Gasteiger partial charge is 0.197 e. The third kappa shape index (κ3) is 3.94. The summed E-state index contributed by atoms with van der Waals surface area (Å²) in [5.74, 6) is 0. The molecule has 2 N–H and O–H groups in total. The lowest BCUT2D eigenvalue weighted by Gasteiger charge is -2.34. The Morgan fingerprint density at radius 3 is 1.36 bits per heavy atom. The fourth-order valence-corrected chi connectivity index (χ4v) is 6.18. The summed E-state index contributed by atoms with van der Waals surface area (Å²) in [5.41, 5.74) is 12.2. The number of nitrogens with zero attached hydrogens (tertiary/aromatic N) is 4. The molecule has 2 aliphatic heterocycles. The van der Waals surface area contributed by atoms with Crippen molar-refractivity contribution in [3.05, 3.63) is 150 Å². The number of fused-ring (bicyclic) bond motifs is 4. The van der Waals surface area contributed by atoms with Crippen LogP contribution in [0, 0.1) is 17.9 Å². The molecule has 0 aromatic heterocycles. The predicted octanol–water partition coefficient (Wildman–Crippen LogP) is 10.8. The van der Waals surface area contributed by atoms with Crippen LogP contribution in [0.3, 0.4) is 0 Å². The molecule has 6 nitrogen and oxygen atoms in total. The van der Waals surface area contributed by atoms with Crippen molar-refractivity contribution in [2.24, 2.45) is 0 Å². The lowest BCUT2D eigenvalue weighted by molar-refractivity contribution is 1.25. The van der Waals surface area contributed by atoms with E-state index in [0.717, 1.165) is 68.0 Å². The fourth-order valence-electron chi connectivity index (χ4n) is 6.18. The van der Waals surface area contributed by atoms with Crippen molar-refractivity contribution in [1.82, 2.24) is 0 Å². The van der Waals surface area contributed by atoms with Gasteiger partial charge in [0, 0.05) is 11.4 Å². The van der Waals surface area contributed by atoms with Crippen molar-refractivity contribution in [3.63, 3.8) is 0 Å². The summed E-state index contributed by atoms with van der Waals surface area (Å²) < 4.78 is 0. The van der Waals surface area contributed by atoms with Crippen molar-refractivity contribution in [2.45, 2.75) is 0 Å². The molecule has 0 amide bonds. The first-order valence-electron chi connectivity index (χ1n) is 14.3. The van der Waals surface area contributed by atoms with Crippen LogP contribution in [0.1, 0.15) is 5.56 Å². The Hall–Kier alpha value is -6.50. The summed E-state index contributed by atoms with van der Waals surface area (Å²) in [5, 5.41) is 17.4. The summed E-state index contributed by atoms with van der Waals surface area (Å²) in [6.45, 7) is 8.12. The standard InChI is InChI=1S/C38H24N6/c1-40-34-23-27(44-37-16-8-4-12-32(37)42-33-13-5-9-17-38(33)44)19-21-29(34)28-20-18-26(22-25(28)24-39)43-35-14-6-2-10-30(35)41-31-11-3-7-15-36(31)43/h2-23,41-42H. The zero-order valence-corrected chi connectivity index (χ0v) is 23.5. The first kappa shape index (κ1) is 25.2. The molecular formula is C38H24N6. The second-order valence-electron chi connectivity index (χ2n) is 10.6. The minimum Gasteiger partial charge on any atom is -0.352 e. The fraction of sp³-hybridized carbons (Fsp3) is 0. The van der Waals surface area contributed by atoms with E-state index in [1.807, 2.05) is 84.9 Å². The molecule has 0 fully saturated rings. The molecule has 0 unspecified atom stereocenters. The van der Waals surface area contributed by atoms with Crippen LogP contribution in [0.2, 0.25) is 0 Å². The molecule has 0 spiro atoms. The molecular weight excluding hydrogens is 540 g/mol. The summed E-state index contributed by atoms with van der Waals surface area (Å²) >= 11 is 0. The van der Waals surface area contributed by atoms with E-state index in [2.05, 4.69) is 79.9 Å². The Bertz CT molecular complexity index is 1940. The minimum absolute atomic E-state index is 0.484. The van der Waals surface area contributed by atoms with Crippen LogP contribution in [0.25, 0.3) is 16.0 Å². The van der Waals surface area contributed by atoms with E-state index < -0.39 is 0 Å². The van der Waals surface area contributed by atoms with E-state index in [1.165, 1.54) is 0 Å². The van der Waals surface area contributed by atoms with Gasteiger partial charge in [0.1, 0.15) is 0 Å². The highest BCUT2D eigenvalue weighted by Gasteiger charge is 2.26. The quantitative estimate of drug-likeness (QED) is 0.209. The molecule has 0 radical (unpaired) electrons. The molecule has 44 heavy (non-hydrogen) atoms. The maximum Gasteiger partial charge on any atom is 0.197 e. The summed E-state index contributed by atoms with van der Waals surface area (Å²) in [6, 6.07) is 46.8. The van der Waals surface area contributed by atoms with Crippen molar-refractivity contribution < 1.29 is 0 Å². The number of hydrogen-bond acceptors (Lipinski definition) is 5. The third-order valence-corrected chi connectivity index (χ3v) is 8.15. The SMILES string of the molecule is [C-]#[N+]c1cc(N2c3ccccc3Nc3ccccc32)ccc1-c1ccc(N2c3ccccc3Nc3ccccc32)cc1C#N. The van der Waals surface area contributed by atoms with Gasteiger partial charge < -0.3 is 20.4 Å². The molecule has 6 heteroatoms. The molecule has 0 saturated carbocycles. The van der Waals surface area contributed by atoms with E-state index in [0.29, 0.717) is 11.3 Å². The number of para-hydroxylation sites is 8. The van der Waals surface area contributed by atoms with Crippen LogP contribution in [0.4, 0.5) is 62.6 Å². The molecule has 0 aliphatic carbocycles. The Kier molecular flexibility index (Phi) is 5.79. The normalized spacial score (nSPS) is 12.3. The van der Waals surface area contributed by atoms with Gasteiger partial charge in [-0.15, -0.1) is 0 Å². The number of hydrogen-bond donors (Lipinski definition) is 2. The maximum atomic E-state index is 10.4. The largest absolute Gasteiger partial charge is 0.352 e. The topological polar surface area (TPSA) is 58.7 Å². The van der Waals surface area contributed by atoms with Crippen LogP contribution in [-0.4, -0.2) is 0 Å². The molecule has 0 atom stereocenters. The van der Waals surface area contributed by atoms with E-state index in [1.54, 1.807) is 0 Å². The van der Waals surface area contributed by atoms with Gasteiger partial charge in [0.15, 0.2) is 5.69 Å². The van der Waals surface area contributed by atoms with Crippen molar-refractivity contribution in [3.8, 4) is 17.2 Å². The van der Waals surface area contributed by atoms with Crippen LogP contribution in [-0.2, 0) is 0 Å². The van der Waals surface area contributed by atoms with Crippen molar-refractivity contribution in [1.29, 1.82) is 5.26 Å². The second-order valence-corrected chi connectivity index (χ2v) is 10.6. The van der Waals surface area contributed by atoms with Gasteiger partial charge in [0.2, 0.25) is 0 Å². The summed E-state index contributed by atoms with van der Waals surface area (Å²) in [7, 11) is 0. The number of nitrogens with one attached hydrogen (secondary N) is 2. The average molecular weight is 565 g/mol. The van der Waals surface area contributed by atoms with Crippen molar-refractivity contribution in [2.75, 3.05) is 20.4 Å². The van der Waals surface area contributed by atoms with Gasteiger partial charge in [-0.2, -0.15) is 5.26 Å². The van der Waals surface area contributed by atoms with Gasteiger partial charge in [0.25, 0.3) is 0 Å². The highest BCUT2D eigenvalue weighted by Crippen LogP contribution is 2.50. The number of rotatable bonds is 3. The van der Waals surface area contributed by atoms with Gasteiger partial charge in [-0.05, 0) is 83.9 Å². The lowest BCUT2D eigenvalue weighted by Crippen LogP contribution is -2.17. The van der Waals surface area contributed by atoms with E-state index in [4.69, 9.17) is 6.57 Å². The van der Waals surface area contributed by atoms with Gasteiger partial charge in [0.05, 0.1) is 63.7 Å². The predicted molar refractivity (Wildman–Crippen MR) is 179 cm³/mol. The molecule has 8 rings (SSSR count). The van der Waals surface area contributed by atoms with E-state index in [-0.39, 0.29) is 0 Å². The Morgan fingerprint density at radius 2 is 0.932 bits per heavy atom. The highest BCUT2D eigenvalue weighted by atomic mass is 15.2. The van der Waals surface area contributed by atoms with Gasteiger partial charge in [-0.1, -0.05) is 60.7 Å². The van der Waals surface area contributed by atoms with Crippen LogP contribution in [0.5, 0.6) is 0 Å². The summed E-state index contributed by atoms with van der Waals surface area (Å²) in [6.07, 6.45) is 0. The molecule has 0 saturated heterocycles. The third-order valence-electron chi connectivity index (χ3n) is 8.15. The number of anilines is 10. The average Bonchev–Trinajstić information content (AvgIpc) is 3.09. The molecule has 2 heterocycles. The Morgan fingerprint density at radius 1 is 0.523 bits per heavy atom. The zero-order valence-electron chi connectivity index (χ0n) is 23.5. The Balaban J connectivity index is 1.23. The summed E-state index contributed by atoms with van der Waals surface area (Å²) in [4.78, 5) is 8.29. The minimum atomic E-state index is 0.484. The molecule has 6 aromatic rings. The van der Waals surface area contributed by atoms with E-state index in [9.17, 15) is 5.26 Å². The monoisotopic (exact) mass is 564 g/mol. The van der Waals surface area contributed by atoms with Crippen LogP contribution >= 0.6 is 0 Å². The molecule has 0 bridgehead atoms. The lowest BCUT2D eigenvalue weighted by atomic mass is 9.96. The van der Waals surface area contributed by atoms with Gasteiger partial charge >= 0.3 is 0 Å². The first-order valence-corrected chi connectivity index (χ1v) is 14.3. The van der Waals surface area contributed by atoms with Crippen LogP contribution < -0.4 is 20.4 Å². The maximum absolute atomic E-state index is 10.4. The first-order chi connectivity index (χ1) is 21.7. The van der Waals surface area contributed by atoms with Gasteiger partial charge in [-0.3, -0.25) is 0 Å². The second kappa shape index (κ2) is 10.1. The Labute approximate surface area is 255 Å². The highest BCUT2D eigenvalue weighted by molar-refractivity contribution is 5.99. The number of benzene rings is 6. The number of nitriles is 1. The van der Waals surface area contributed by atoms with Crippen molar-refractivity contribution >= 4 is 62.6 Å². The van der Waals surface area contributed by atoms with Crippen LogP contribution in [0.15, 0.2) is 133 Å².